The van der Waals surface area contributed by atoms with E-state index >= 15 is 0 Å². The van der Waals surface area contributed by atoms with Crippen LogP contribution in [-0.2, 0) is 4.79 Å². The molecule has 1 aliphatic carbocycles. The lowest BCUT2D eigenvalue weighted by atomic mass is 10.1. The zero-order valence-electron chi connectivity index (χ0n) is 17.7. The standard InChI is InChI=1S/C19H22F6N6O2/c1-11-7-14(30(10-32)6-5-29(2)9-18(20,21)22)27-16-13(8-26-31(11)16)17(33)28-15(12-3-4-12)19(23,24)25/h7-8,10,12,15H,3-6,9H2,1-2H3,(H,28,33). The molecule has 33 heavy (non-hydrogen) atoms. The number of fused-ring (bicyclic) bond motifs is 1. The van der Waals surface area contributed by atoms with E-state index in [9.17, 15) is 35.9 Å². The van der Waals surface area contributed by atoms with E-state index < -0.39 is 36.8 Å². The van der Waals surface area contributed by atoms with E-state index in [2.05, 4.69) is 10.1 Å². The minimum atomic E-state index is -4.61. The van der Waals surface area contributed by atoms with Gasteiger partial charge in [-0.3, -0.25) is 19.4 Å². The number of hydrogen-bond donors (Lipinski definition) is 1. The Bertz CT molecular complexity index is 1020. The Morgan fingerprint density at radius 2 is 1.94 bits per heavy atom. The number of amides is 2. The zero-order chi connectivity index (χ0) is 24.6. The van der Waals surface area contributed by atoms with Crippen LogP contribution in [0, 0.1) is 12.8 Å². The van der Waals surface area contributed by atoms with Gasteiger partial charge in [0.15, 0.2) is 5.65 Å². The van der Waals surface area contributed by atoms with Crippen molar-refractivity contribution >= 4 is 23.8 Å². The SMILES string of the molecule is Cc1cc(N(C=O)CCN(C)CC(F)(F)F)nc2c(C(=O)NC(C3CC3)C(F)(F)F)cnn12. The van der Waals surface area contributed by atoms with E-state index in [-0.39, 0.29) is 30.1 Å². The molecule has 0 saturated heterocycles. The van der Waals surface area contributed by atoms with Crippen molar-refractivity contribution in [2.45, 2.75) is 38.2 Å². The predicted molar refractivity (Wildman–Crippen MR) is 105 cm³/mol. The van der Waals surface area contributed by atoms with Crippen LogP contribution in [0.3, 0.4) is 0 Å². The maximum absolute atomic E-state index is 13.3. The minimum absolute atomic E-state index is 0.0273. The van der Waals surface area contributed by atoms with E-state index in [1.54, 1.807) is 6.92 Å². The Morgan fingerprint density at radius 1 is 1.27 bits per heavy atom. The van der Waals surface area contributed by atoms with Crippen LogP contribution in [0.5, 0.6) is 0 Å². The number of rotatable bonds is 9. The fourth-order valence-electron chi connectivity index (χ4n) is 3.40. The number of aryl methyl sites for hydroxylation is 1. The Hall–Kier alpha value is -2.90. The van der Waals surface area contributed by atoms with Gasteiger partial charge in [0, 0.05) is 24.8 Å². The fourth-order valence-corrected chi connectivity index (χ4v) is 3.40. The molecule has 8 nitrogen and oxygen atoms in total. The van der Waals surface area contributed by atoms with Crippen LogP contribution in [0.2, 0.25) is 0 Å². The van der Waals surface area contributed by atoms with Gasteiger partial charge < -0.3 is 5.32 Å². The smallest absolute Gasteiger partial charge is 0.340 e. The summed E-state index contributed by atoms with van der Waals surface area (Å²) in [6.07, 6.45) is -6.83. The summed E-state index contributed by atoms with van der Waals surface area (Å²) in [6, 6.07) is -0.553. The second-order valence-corrected chi connectivity index (χ2v) is 8.03. The molecule has 1 aliphatic rings. The first-order chi connectivity index (χ1) is 15.3. The molecule has 0 bridgehead atoms. The molecule has 0 spiro atoms. The van der Waals surface area contributed by atoms with Crippen molar-refractivity contribution < 1.29 is 35.9 Å². The lowest BCUT2D eigenvalue weighted by Gasteiger charge is -2.23. The summed E-state index contributed by atoms with van der Waals surface area (Å²) in [4.78, 5) is 30.4. The first-order valence-electron chi connectivity index (χ1n) is 10.0. The highest BCUT2D eigenvalue weighted by Crippen LogP contribution is 2.40. The van der Waals surface area contributed by atoms with E-state index in [0.717, 1.165) is 16.0 Å². The van der Waals surface area contributed by atoms with Gasteiger partial charge in [-0.1, -0.05) is 0 Å². The highest BCUT2D eigenvalue weighted by molar-refractivity contribution is 6.00. The first kappa shape index (κ1) is 24.7. The van der Waals surface area contributed by atoms with Gasteiger partial charge in [0.1, 0.15) is 17.4 Å². The van der Waals surface area contributed by atoms with Gasteiger partial charge in [0.2, 0.25) is 6.41 Å². The predicted octanol–water partition coefficient (Wildman–Crippen LogP) is 2.57. The van der Waals surface area contributed by atoms with Crippen molar-refractivity contribution in [2.75, 3.05) is 31.6 Å². The molecule has 2 heterocycles. The summed E-state index contributed by atoms with van der Waals surface area (Å²) >= 11 is 0. The van der Waals surface area contributed by atoms with Crippen molar-refractivity contribution in [1.82, 2.24) is 24.8 Å². The zero-order valence-corrected chi connectivity index (χ0v) is 17.7. The quantitative estimate of drug-likeness (QED) is 0.441. The number of carbonyl (C=O) groups is 2. The number of halogens is 6. The first-order valence-corrected chi connectivity index (χ1v) is 10.0. The molecule has 1 saturated carbocycles. The lowest BCUT2D eigenvalue weighted by molar-refractivity contribution is -0.158. The van der Waals surface area contributed by atoms with E-state index in [1.807, 2.05) is 5.32 Å². The molecule has 1 atom stereocenters. The van der Waals surface area contributed by atoms with E-state index in [1.165, 1.54) is 17.6 Å². The molecule has 0 aliphatic heterocycles. The third-order valence-electron chi connectivity index (χ3n) is 5.21. The summed E-state index contributed by atoms with van der Waals surface area (Å²) < 4.78 is 78.6. The summed E-state index contributed by atoms with van der Waals surface area (Å²) in [5.41, 5.74) is 0.128. The number of carbonyl (C=O) groups excluding carboxylic acids is 2. The number of anilines is 1. The van der Waals surface area contributed by atoms with E-state index in [0.29, 0.717) is 24.9 Å². The molecule has 1 unspecified atom stereocenters. The average Bonchev–Trinajstić information content (AvgIpc) is 3.42. The molecule has 3 rings (SSSR count). The molecule has 0 aromatic carbocycles. The minimum Gasteiger partial charge on any atom is -0.340 e. The molecule has 2 aromatic rings. The van der Waals surface area contributed by atoms with Crippen molar-refractivity contribution in [3.05, 3.63) is 23.5 Å². The Morgan fingerprint density at radius 3 is 2.48 bits per heavy atom. The van der Waals surface area contributed by atoms with Crippen LogP contribution in [0.1, 0.15) is 28.9 Å². The normalized spacial score (nSPS) is 15.7. The molecule has 1 fully saturated rings. The Labute approximate surface area is 184 Å². The molecule has 14 heteroatoms. The van der Waals surface area contributed by atoms with Crippen LogP contribution in [0.25, 0.3) is 5.65 Å². The van der Waals surface area contributed by atoms with Crippen LogP contribution in [0.15, 0.2) is 12.3 Å². The van der Waals surface area contributed by atoms with Gasteiger partial charge in [-0.15, -0.1) is 0 Å². The third-order valence-corrected chi connectivity index (χ3v) is 5.21. The summed E-state index contributed by atoms with van der Waals surface area (Å²) in [5.74, 6) is -1.66. The summed E-state index contributed by atoms with van der Waals surface area (Å²) in [7, 11) is 1.24. The maximum atomic E-state index is 13.3. The van der Waals surface area contributed by atoms with Crippen LogP contribution in [0.4, 0.5) is 32.2 Å². The summed E-state index contributed by atoms with van der Waals surface area (Å²) in [6.45, 7) is 0.158. The third kappa shape index (κ3) is 6.12. The monoisotopic (exact) mass is 480 g/mol. The van der Waals surface area contributed by atoms with Gasteiger partial charge in [-0.2, -0.15) is 31.4 Å². The van der Waals surface area contributed by atoms with Gasteiger partial charge in [0.05, 0.1) is 12.7 Å². The second kappa shape index (κ2) is 9.15. The largest absolute Gasteiger partial charge is 0.408 e. The van der Waals surface area contributed by atoms with Crippen molar-refractivity contribution in [1.29, 1.82) is 0 Å². The van der Waals surface area contributed by atoms with Gasteiger partial charge in [-0.05, 0) is 32.7 Å². The number of nitrogens with one attached hydrogen (secondary N) is 1. The van der Waals surface area contributed by atoms with Crippen molar-refractivity contribution in [3.63, 3.8) is 0 Å². The number of alkyl halides is 6. The Balaban J connectivity index is 1.83. The summed E-state index contributed by atoms with van der Waals surface area (Å²) in [5, 5.41) is 5.99. The molecule has 182 valence electrons. The number of hydrogen-bond acceptors (Lipinski definition) is 5. The average molecular weight is 480 g/mol. The van der Waals surface area contributed by atoms with Gasteiger partial charge >= 0.3 is 12.4 Å². The number of aromatic nitrogens is 3. The van der Waals surface area contributed by atoms with Crippen LogP contribution < -0.4 is 10.2 Å². The van der Waals surface area contributed by atoms with Crippen molar-refractivity contribution in [3.8, 4) is 0 Å². The highest BCUT2D eigenvalue weighted by atomic mass is 19.4. The maximum Gasteiger partial charge on any atom is 0.408 e. The molecule has 0 radical (unpaired) electrons. The number of likely N-dealkylation sites (N-methyl/N-ethyl adjacent to an activating group) is 1. The molecular weight excluding hydrogens is 458 g/mol. The van der Waals surface area contributed by atoms with Crippen LogP contribution >= 0.6 is 0 Å². The molecule has 2 aromatic heterocycles. The highest BCUT2D eigenvalue weighted by Gasteiger charge is 2.49. The van der Waals surface area contributed by atoms with E-state index in [4.69, 9.17) is 0 Å². The van der Waals surface area contributed by atoms with Gasteiger partial charge in [-0.25, -0.2) is 9.50 Å². The fraction of sp³-hybridized carbons (Fsp3) is 0.579. The molecular formula is C19H22F6N6O2. The Kier molecular flexibility index (Phi) is 6.86. The molecule has 2 amide bonds. The topological polar surface area (TPSA) is 82.8 Å². The number of nitrogens with zero attached hydrogens (tertiary/aromatic N) is 5. The second-order valence-electron chi connectivity index (χ2n) is 8.03. The molecule has 1 N–H and O–H groups in total. The van der Waals surface area contributed by atoms with Crippen molar-refractivity contribution in [2.24, 2.45) is 5.92 Å². The lowest BCUT2D eigenvalue weighted by Crippen LogP contribution is -2.46. The van der Waals surface area contributed by atoms with Gasteiger partial charge in [0.25, 0.3) is 5.91 Å². The van der Waals surface area contributed by atoms with Crippen LogP contribution in [-0.4, -0.2) is 76.9 Å².